The lowest BCUT2D eigenvalue weighted by atomic mass is 10.2. The highest BCUT2D eigenvalue weighted by molar-refractivity contribution is 7.11. The Hall–Kier alpha value is -1.88. The van der Waals surface area contributed by atoms with Gasteiger partial charge in [-0.2, -0.15) is 0 Å². The molecule has 2 heterocycles. The molecule has 5 heteroatoms. The normalized spacial score (nSPS) is 15.4. The van der Waals surface area contributed by atoms with Crippen LogP contribution in [0.25, 0.3) is 0 Å². The smallest absolute Gasteiger partial charge is 0.282 e. The minimum atomic E-state index is 0.0656. The van der Waals surface area contributed by atoms with E-state index in [-0.39, 0.29) is 5.91 Å². The molecule has 1 aliphatic rings. The Bertz CT molecular complexity index is 588. The fourth-order valence-electron chi connectivity index (χ4n) is 2.39. The molecule has 1 aromatic carbocycles. The van der Waals surface area contributed by atoms with Gasteiger partial charge in [0, 0.05) is 42.9 Å². The first kappa shape index (κ1) is 13.1. The van der Waals surface area contributed by atoms with Gasteiger partial charge in [-0.1, -0.05) is 18.2 Å². The standard InChI is InChI=1S/C15H17N3OS/c1-12-11-20-14(16-12)15(19)18-9-7-17(8-10-18)13-5-3-2-4-6-13/h2-6,11H,7-10H2,1H3. The number of carbonyl (C=O) groups is 1. The highest BCUT2D eigenvalue weighted by Crippen LogP contribution is 2.18. The quantitative estimate of drug-likeness (QED) is 0.851. The Morgan fingerprint density at radius 2 is 1.85 bits per heavy atom. The Kier molecular flexibility index (Phi) is 3.69. The summed E-state index contributed by atoms with van der Waals surface area (Å²) in [5.74, 6) is 0.0656. The summed E-state index contributed by atoms with van der Waals surface area (Å²) in [5, 5.41) is 2.53. The molecule has 1 amide bonds. The molecule has 3 rings (SSSR count). The molecule has 0 radical (unpaired) electrons. The lowest BCUT2D eigenvalue weighted by molar-refractivity contribution is 0.0746. The van der Waals surface area contributed by atoms with Crippen LogP contribution in [0.2, 0.25) is 0 Å². The number of hydrogen-bond donors (Lipinski definition) is 0. The molecule has 0 N–H and O–H groups in total. The number of carbonyl (C=O) groups excluding carboxylic acids is 1. The molecule has 0 saturated carbocycles. The number of thiazole rings is 1. The Morgan fingerprint density at radius 3 is 2.45 bits per heavy atom. The van der Waals surface area contributed by atoms with Crippen molar-refractivity contribution in [2.75, 3.05) is 31.1 Å². The summed E-state index contributed by atoms with van der Waals surface area (Å²) in [6.45, 7) is 5.18. The van der Waals surface area contributed by atoms with Crippen molar-refractivity contribution in [3.8, 4) is 0 Å². The summed E-state index contributed by atoms with van der Waals surface area (Å²) in [4.78, 5) is 20.8. The number of aryl methyl sites for hydroxylation is 1. The Morgan fingerprint density at radius 1 is 1.15 bits per heavy atom. The fraction of sp³-hybridized carbons (Fsp3) is 0.333. The second-order valence-electron chi connectivity index (χ2n) is 4.91. The average molecular weight is 287 g/mol. The van der Waals surface area contributed by atoms with Crippen LogP contribution in [0.5, 0.6) is 0 Å². The van der Waals surface area contributed by atoms with Crippen molar-refractivity contribution in [2.45, 2.75) is 6.92 Å². The number of hydrogen-bond acceptors (Lipinski definition) is 4. The summed E-state index contributed by atoms with van der Waals surface area (Å²) in [6.07, 6.45) is 0. The third-order valence-electron chi connectivity index (χ3n) is 3.49. The van der Waals surface area contributed by atoms with Gasteiger partial charge in [0.25, 0.3) is 5.91 Å². The topological polar surface area (TPSA) is 36.4 Å². The number of benzene rings is 1. The van der Waals surface area contributed by atoms with Crippen LogP contribution in [0, 0.1) is 6.92 Å². The van der Waals surface area contributed by atoms with Gasteiger partial charge >= 0.3 is 0 Å². The van der Waals surface area contributed by atoms with Gasteiger partial charge in [-0.25, -0.2) is 4.98 Å². The van der Waals surface area contributed by atoms with Gasteiger partial charge in [0.05, 0.1) is 0 Å². The maximum absolute atomic E-state index is 12.3. The van der Waals surface area contributed by atoms with E-state index in [1.54, 1.807) is 0 Å². The van der Waals surface area contributed by atoms with Gasteiger partial charge in [0.1, 0.15) is 0 Å². The molecule has 20 heavy (non-hydrogen) atoms. The van der Waals surface area contributed by atoms with Crippen molar-refractivity contribution in [3.63, 3.8) is 0 Å². The molecule has 2 aromatic rings. The predicted octanol–water partition coefficient (Wildman–Crippen LogP) is 2.41. The summed E-state index contributed by atoms with van der Waals surface area (Å²) in [5.41, 5.74) is 2.14. The largest absolute Gasteiger partial charge is 0.368 e. The molecule has 0 unspecified atom stereocenters. The van der Waals surface area contributed by atoms with Crippen molar-refractivity contribution in [3.05, 3.63) is 46.4 Å². The molecule has 1 fully saturated rings. The first-order chi connectivity index (χ1) is 9.74. The lowest BCUT2D eigenvalue weighted by Crippen LogP contribution is -2.48. The van der Waals surface area contributed by atoms with E-state index >= 15 is 0 Å². The number of anilines is 1. The first-order valence-corrected chi connectivity index (χ1v) is 7.63. The number of rotatable bonds is 2. The van der Waals surface area contributed by atoms with Crippen molar-refractivity contribution >= 4 is 22.9 Å². The minimum Gasteiger partial charge on any atom is -0.368 e. The van der Waals surface area contributed by atoms with Crippen molar-refractivity contribution in [2.24, 2.45) is 0 Å². The Balaban J connectivity index is 1.63. The van der Waals surface area contributed by atoms with E-state index in [2.05, 4.69) is 22.0 Å². The van der Waals surface area contributed by atoms with Gasteiger partial charge in [-0.3, -0.25) is 4.79 Å². The number of piperazine rings is 1. The van der Waals surface area contributed by atoms with Crippen LogP contribution in [0.3, 0.4) is 0 Å². The molecule has 104 valence electrons. The van der Waals surface area contributed by atoms with E-state index in [9.17, 15) is 4.79 Å². The molecule has 1 aromatic heterocycles. The van der Waals surface area contributed by atoms with Crippen molar-refractivity contribution in [1.29, 1.82) is 0 Å². The molecule has 0 aliphatic carbocycles. The number of aromatic nitrogens is 1. The third kappa shape index (κ3) is 2.67. The molecular weight excluding hydrogens is 270 g/mol. The zero-order valence-electron chi connectivity index (χ0n) is 11.5. The van der Waals surface area contributed by atoms with E-state index in [4.69, 9.17) is 0 Å². The second kappa shape index (κ2) is 5.63. The van der Waals surface area contributed by atoms with Gasteiger partial charge in [-0.15, -0.1) is 11.3 Å². The van der Waals surface area contributed by atoms with Crippen molar-refractivity contribution in [1.82, 2.24) is 9.88 Å². The van der Waals surface area contributed by atoms with Crippen LogP contribution in [-0.2, 0) is 0 Å². The molecule has 0 spiro atoms. The molecule has 0 bridgehead atoms. The first-order valence-electron chi connectivity index (χ1n) is 6.75. The maximum atomic E-state index is 12.3. The SMILES string of the molecule is Cc1csc(C(=O)N2CCN(c3ccccc3)CC2)n1. The third-order valence-corrected chi connectivity index (χ3v) is 4.44. The van der Waals surface area contributed by atoms with Gasteiger partial charge in [-0.05, 0) is 19.1 Å². The number of nitrogens with zero attached hydrogens (tertiary/aromatic N) is 3. The highest BCUT2D eigenvalue weighted by Gasteiger charge is 2.23. The number of para-hydroxylation sites is 1. The predicted molar refractivity (Wildman–Crippen MR) is 81.4 cm³/mol. The van der Waals surface area contributed by atoms with Crippen LogP contribution in [-0.4, -0.2) is 42.0 Å². The van der Waals surface area contributed by atoms with E-state index in [1.165, 1.54) is 17.0 Å². The zero-order valence-corrected chi connectivity index (χ0v) is 12.3. The average Bonchev–Trinajstić information content (AvgIpc) is 2.94. The van der Waals surface area contributed by atoms with Crippen LogP contribution in [0.15, 0.2) is 35.7 Å². The van der Waals surface area contributed by atoms with Crippen LogP contribution >= 0.6 is 11.3 Å². The lowest BCUT2D eigenvalue weighted by Gasteiger charge is -2.35. The molecule has 1 saturated heterocycles. The second-order valence-corrected chi connectivity index (χ2v) is 5.77. The van der Waals surface area contributed by atoms with Gasteiger partial charge in [0.2, 0.25) is 0 Å². The van der Waals surface area contributed by atoms with Crippen molar-refractivity contribution < 1.29 is 4.79 Å². The maximum Gasteiger partial charge on any atom is 0.282 e. The van der Waals surface area contributed by atoms with E-state index in [0.717, 1.165) is 31.9 Å². The van der Waals surface area contributed by atoms with Crippen LogP contribution in [0.1, 0.15) is 15.5 Å². The van der Waals surface area contributed by atoms with Crippen LogP contribution in [0.4, 0.5) is 5.69 Å². The fourth-order valence-corrected chi connectivity index (χ4v) is 3.16. The van der Waals surface area contributed by atoms with E-state index in [0.29, 0.717) is 5.01 Å². The van der Waals surface area contributed by atoms with Gasteiger partial charge in [0.15, 0.2) is 5.01 Å². The summed E-state index contributed by atoms with van der Waals surface area (Å²) >= 11 is 1.43. The minimum absolute atomic E-state index is 0.0656. The van der Waals surface area contributed by atoms with Gasteiger partial charge < -0.3 is 9.80 Å². The van der Waals surface area contributed by atoms with E-state index in [1.807, 2.05) is 35.4 Å². The summed E-state index contributed by atoms with van der Waals surface area (Å²) < 4.78 is 0. The summed E-state index contributed by atoms with van der Waals surface area (Å²) in [7, 11) is 0. The summed E-state index contributed by atoms with van der Waals surface area (Å²) in [6, 6.07) is 10.3. The highest BCUT2D eigenvalue weighted by atomic mass is 32.1. The monoisotopic (exact) mass is 287 g/mol. The zero-order chi connectivity index (χ0) is 13.9. The molecule has 0 atom stereocenters. The molecule has 4 nitrogen and oxygen atoms in total. The Labute approximate surface area is 122 Å². The number of amides is 1. The molecule has 1 aliphatic heterocycles. The van der Waals surface area contributed by atoms with E-state index < -0.39 is 0 Å². The molecular formula is C15H17N3OS. The van der Waals surface area contributed by atoms with Crippen LogP contribution < -0.4 is 4.90 Å².